The third-order valence-electron chi connectivity index (χ3n) is 6.70. The topological polar surface area (TPSA) is 0 Å². The average Bonchev–Trinajstić information content (AvgIpc) is 2.76. The van der Waals surface area contributed by atoms with Gasteiger partial charge in [0.1, 0.15) is 0 Å². The molecule has 0 aromatic rings. The largest absolute Gasteiger partial charge is 0.165 e. The summed E-state index contributed by atoms with van der Waals surface area (Å²) in [4.78, 5) is 0. The summed E-state index contributed by atoms with van der Waals surface area (Å²) in [6.45, 7) is 2.31. The molecule has 0 saturated heterocycles. The van der Waals surface area contributed by atoms with Gasteiger partial charge in [-0.25, -0.2) is 0 Å². The molecule has 0 bridgehead atoms. The van der Waals surface area contributed by atoms with Crippen molar-refractivity contribution in [3.05, 3.63) is 0 Å². The lowest BCUT2D eigenvalue weighted by Crippen LogP contribution is -1.85. The van der Waals surface area contributed by atoms with Crippen molar-refractivity contribution in [2.45, 2.75) is 174 Å². The molecule has 0 amide bonds. The Labute approximate surface area is 197 Å². The van der Waals surface area contributed by atoms with Crippen LogP contribution in [0.4, 0.5) is 0 Å². The first-order chi connectivity index (χ1) is 14.9. The normalized spacial score (nSPS) is 11.4. The van der Waals surface area contributed by atoms with E-state index in [0.717, 1.165) is 0 Å². The predicted molar refractivity (Wildman–Crippen MR) is 144 cm³/mol. The van der Waals surface area contributed by atoms with Crippen LogP contribution in [-0.2, 0) is 0 Å². The molecular formula is C29H60S. The maximum absolute atomic E-state index is 2.31. The van der Waals surface area contributed by atoms with Crippen LogP contribution in [0, 0.1) is 0 Å². The van der Waals surface area contributed by atoms with Crippen LogP contribution in [0.2, 0.25) is 0 Å². The maximum atomic E-state index is 2.31. The molecule has 0 aromatic heterocycles. The zero-order chi connectivity index (χ0) is 21.8. The van der Waals surface area contributed by atoms with E-state index < -0.39 is 0 Å². The molecule has 182 valence electrons. The molecule has 0 nitrogen and oxygen atoms in total. The van der Waals surface area contributed by atoms with Crippen molar-refractivity contribution in [1.29, 1.82) is 0 Å². The first kappa shape index (κ1) is 30.4. The van der Waals surface area contributed by atoms with Crippen molar-refractivity contribution in [3.63, 3.8) is 0 Å². The first-order valence-corrected chi connectivity index (χ1v) is 15.8. The highest BCUT2D eigenvalue weighted by atomic mass is 32.2. The Hall–Kier alpha value is 0.350. The smallest absolute Gasteiger partial charge is 0.00703 e. The highest BCUT2D eigenvalue weighted by Gasteiger charge is 1.96. The number of unbranched alkanes of at least 4 members (excludes halogenated alkanes) is 25. The molecule has 0 unspecified atom stereocenters. The third-order valence-corrected chi connectivity index (χ3v) is 7.40. The minimum Gasteiger partial charge on any atom is -0.165 e. The fourth-order valence-corrected chi connectivity index (χ4v) is 5.06. The Morgan fingerprint density at radius 2 is 0.500 bits per heavy atom. The molecule has 0 rings (SSSR count). The lowest BCUT2D eigenvalue weighted by atomic mass is 10.0. The molecule has 0 aliphatic carbocycles. The van der Waals surface area contributed by atoms with Gasteiger partial charge in [-0.1, -0.05) is 167 Å². The minimum atomic E-state index is 1.36. The van der Waals surface area contributed by atoms with E-state index in [1.807, 2.05) is 11.8 Å². The SMILES string of the molecule is CCCCCCCCCCCCCCCCCCCCCCCCCCCCSC. The van der Waals surface area contributed by atoms with Crippen molar-refractivity contribution in [1.82, 2.24) is 0 Å². The average molecular weight is 441 g/mol. The summed E-state index contributed by atoms with van der Waals surface area (Å²) in [5.41, 5.74) is 0. The Balaban J connectivity index is 2.97. The number of hydrogen-bond donors (Lipinski definition) is 0. The molecule has 0 heterocycles. The van der Waals surface area contributed by atoms with Gasteiger partial charge in [-0.15, -0.1) is 0 Å². The summed E-state index contributed by atoms with van der Waals surface area (Å²) in [7, 11) is 0. The summed E-state index contributed by atoms with van der Waals surface area (Å²) >= 11 is 1.99. The molecule has 1 heteroatoms. The van der Waals surface area contributed by atoms with Gasteiger partial charge in [0.15, 0.2) is 0 Å². The minimum absolute atomic E-state index is 1.36. The van der Waals surface area contributed by atoms with E-state index in [9.17, 15) is 0 Å². The van der Waals surface area contributed by atoms with E-state index in [1.165, 1.54) is 173 Å². The van der Waals surface area contributed by atoms with Crippen LogP contribution in [0.1, 0.15) is 174 Å². The summed E-state index contributed by atoms with van der Waals surface area (Å²) in [5, 5.41) is 0. The Bertz CT molecular complexity index is 248. The molecule has 0 saturated carbocycles. The van der Waals surface area contributed by atoms with Gasteiger partial charge in [0.25, 0.3) is 0 Å². The summed E-state index contributed by atoms with van der Waals surface area (Å²) < 4.78 is 0. The molecule has 0 radical (unpaired) electrons. The second kappa shape index (κ2) is 29.4. The molecule has 0 spiro atoms. The van der Waals surface area contributed by atoms with Crippen molar-refractivity contribution in [2.75, 3.05) is 12.0 Å². The van der Waals surface area contributed by atoms with E-state index in [2.05, 4.69) is 13.2 Å². The van der Waals surface area contributed by atoms with Crippen molar-refractivity contribution in [2.24, 2.45) is 0 Å². The van der Waals surface area contributed by atoms with Crippen molar-refractivity contribution < 1.29 is 0 Å². The van der Waals surface area contributed by atoms with Gasteiger partial charge in [-0.05, 0) is 18.4 Å². The van der Waals surface area contributed by atoms with Gasteiger partial charge in [0.2, 0.25) is 0 Å². The van der Waals surface area contributed by atoms with Gasteiger partial charge in [-0.2, -0.15) is 11.8 Å². The van der Waals surface area contributed by atoms with Gasteiger partial charge in [0, 0.05) is 0 Å². The number of hydrogen-bond acceptors (Lipinski definition) is 1. The monoisotopic (exact) mass is 440 g/mol. The van der Waals surface area contributed by atoms with Crippen LogP contribution in [0.3, 0.4) is 0 Å². The van der Waals surface area contributed by atoms with Crippen LogP contribution in [0.5, 0.6) is 0 Å². The molecular weight excluding hydrogens is 380 g/mol. The van der Waals surface area contributed by atoms with E-state index >= 15 is 0 Å². The van der Waals surface area contributed by atoms with E-state index in [-0.39, 0.29) is 0 Å². The standard InChI is InChI=1S/C29H60S/c1-3-4-5-6-7-8-9-10-11-12-13-14-15-16-17-18-19-20-21-22-23-24-25-26-27-28-29-30-2/h3-29H2,1-2H3. The Morgan fingerprint density at radius 3 is 0.700 bits per heavy atom. The molecule has 0 fully saturated rings. The van der Waals surface area contributed by atoms with E-state index in [4.69, 9.17) is 0 Å². The van der Waals surface area contributed by atoms with Gasteiger partial charge < -0.3 is 0 Å². The molecule has 30 heavy (non-hydrogen) atoms. The lowest BCUT2D eigenvalue weighted by molar-refractivity contribution is 0.516. The molecule has 0 atom stereocenters. The fraction of sp³-hybridized carbons (Fsp3) is 1.00. The van der Waals surface area contributed by atoms with Gasteiger partial charge >= 0.3 is 0 Å². The second-order valence-electron chi connectivity index (χ2n) is 9.83. The molecule has 0 aromatic carbocycles. The molecule has 0 aliphatic rings. The number of rotatable bonds is 27. The van der Waals surface area contributed by atoms with Crippen LogP contribution in [0.25, 0.3) is 0 Å². The van der Waals surface area contributed by atoms with E-state index in [1.54, 1.807) is 0 Å². The highest BCUT2D eigenvalue weighted by molar-refractivity contribution is 7.98. The van der Waals surface area contributed by atoms with Gasteiger partial charge in [-0.3, -0.25) is 0 Å². The fourth-order valence-electron chi connectivity index (χ4n) is 4.56. The zero-order valence-corrected chi connectivity index (χ0v) is 22.3. The zero-order valence-electron chi connectivity index (χ0n) is 21.5. The van der Waals surface area contributed by atoms with Gasteiger partial charge in [0.05, 0.1) is 0 Å². The predicted octanol–water partition coefficient (Wildman–Crippen LogP) is 11.5. The lowest BCUT2D eigenvalue weighted by Gasteiger charge is -2.04. The summed E-state index contributed by atoms with van der Waals surface area (Å²) in [6.07, 6.45) is 40.7. The Morgan fingerprint density at radius 1 is 0.300 bits per heavy atom. The quantitative estimate of drug-likeness (QED) is 0.114. The van der Waals surface area contributed by atoms with Crippen molar-refractivity contribution >= 4 is 11.8 Å². The van der Waals surface area contributed by atoms with Crippen molar-refractivity contribution in [3.8, 4) is 0 Å². The van der Waals surface area contributed by atoms with Crippen LogP contribution in [0.15, 0.2) is 0 Å². The number of thioether (sulfide) groups is 1. The van der Waals surface area contributed by atoms with E-state index in [0.29, 0.717) is 0 Å². The summed E-state index contributed by atoms with van der Waals surface area (Å²) in [5.74, 6) is 1.36. The Kier molecular flexibility index (Phi) is 29.7. The van der Waals surface area contributed by atoms with Crippen LogP contribution in [-0.4, -0.2) is 12.0 Å². The second-order valence-corrected chi connectivity index (χ2v) is 10.8. The maximum Gasteiger partial charge on any atom is -0.00703 e. The summed E-state index contributed by atoms with van der Waals surface area (Å²) in [6, 6.07) is 0. The van der Waals surface area contributed by atoms with Crippen LogP contribution >= 0.6 is 11.8 Å². The first-order valence-electron chi connectivity index (χ1n) is 14.4. The van der Waals surface area contributed by atoms with Crippen LogP contribution < -0.4 is 0 Å². The molecule has 0 aliphatic heterocycles. The molecule has 0 N–H and O–H groups in total. The highest BCUT2D eigenvalue weighted by Crippen LogP contribution is 2.16. The third kappa shape index (κ3) is 28.4.